The molecule has 0 aliphatic heterocycles. The minimum atomic E-state index is -0.423. The Morgan fingerprint density at radius 1 is 1.25 bits per heavy atom. The molecule has 0 radical (unpaired) electrons. The number of nitrogens with zero attached hydrogens (tertiary/aromatic N) is 1. The Balaban J connectivity index is 2.30. The van der Waals surface area contributed by atoms with E-state index in [0.29, 0.717) is 17.4 Å². The number of ether oxygens (including phenoxy) is 2. The van der Waals surface area contributed by atoms with Crippen molar-refractivity contribution in [3.63, 3.8) is 0 Å². The lowest BCUT2D eigenvalue weighted by Gasteiger charge is -2.15. The first-order valence-corrected chi connectivity index (χ1v) is 7.97. The van der Waals surface area contributed by atoms with Gasteiger partial charge < -0.3 is 19.2 Å². The maximum absolute atomic E-state index is 11.8. The molecule has 6 heteroatoms. The van der Waals surface area contributed by atoms with Gasteiger partial charge in [0.1, 0.15) is 17.9 Å². The van der Waals surface area contributed by atoms with Crippen LogP contribution < -0.4 is 15.7 Å². The second kappa shape index (κ2) is 7.86. The Hall–Kier alpha value is -2.50. The topological polar surface area (TPSA) is 73.1 Å². The Bertz CT molecular complexity index is 778. The van der Waals surface area contributed by atoms with Crippen LogP contribution in [0.25, 0.3) is 11.0 Å². The summed E-state index contributed by atoms with van der Waals surface area (Å²) in [6, 6.07) is 7.58. The molecule has 0 bridgehead atoms. The van der Waals surface area contributed by atoms with Crippen LogP contribution >= 0.6 is 0 Å². The van der Waals surface area contributed by atoms with Crippen molar-refractivity contribution in [1.82, 2.24) is 5.32 Å². The van der Waals surface area contributed by atoms with Gasteiger partial charge in [-0.3, -0.25) is 0 Å². The zero-order valence-electron chi connectivity index (χ0n) is 14.8. The van der Waals surface area contributed by atoms with Crippen molar-refractivity contribution in [3.05, 3.63) is 40.2 Å². The third-order valence-corrected chi connectivity index (χ3v) is 3.19. The molecule has 0 saturated carbocycles. The molecule has 0 saturated heterocycles. The first-order valence-electron chi connectivity index (χ1n) is 7.97. The fraction of sp³-hybridized carbons (Fsp3) is 0.444. The highest BCUT2D eigenvalue weighted by Gasteiger charge is 2.10. The molecule has 1 aromatic carbocycles. The summed E-state index contributed by atoms with van der Waals surface area (Å²) in [5.41, 5.74) is 0.791. The number of hydrogen-bond donors (Lipinski definition) is 1. The van der Waals surface area contributed by atoms with E-state index in [0.717, 1.165) is 10.9 Å². The molecule has 1 aromatic heterocycles. The predicted molar refractivity (Wildman–Crippen MR) is 94.7 cm³/mol. The molecule has 1 N–H and O–H groups in total. The lowest BCUT2D eigenvalue weighted by atomic mass is 10.1. The lowest BCUT2D eigenvalue weighted by Crippen LogP contribution is -2.33. The Kier molecular flexibility index (Phi) is 5.84. The van der Waals surface area contributed by atoms with Crippen LogP contribution in [0.4, 0.5) is 0 Å². The zero-order chi connectivity index (χ0) is 17.7. The van der Waals surface area contributed by atoms with E-state index in [1.807, 2.05) is 39.8 Å². The third-order valence-electron chi connectivity index (χ3n) is 3.19. The fourth-order valence-corrected chi connectivity index (χ4v) is 2.20. The van der Waals surface area contributed by atoms with E-state index in [1.165, 1.54) is 6.07 Å². The molecule has 6 nitrogen and oxygen atoms in total. The minimum Gasteiger partial charge on any atom is -0.497 e. The Morgan fingerprint density at radius 3 is 2.62 bits per heavy atom. The van der Waals surface area contributed by atoms with Crippen LogP contribution in [0, 0.1) is 0 Å². The average Bonchev–Trinajstić information content (AvgIpc) is 2.50. The maximum atomic E-state index is 11.8. The van der Waals surface area contributed by atoms with Crippen molar-refractivity contribution in [2.45, 2.75) is 46.4 Å². The molecule has 0 atom stereocenters. The standard InChI is InChI=1S/C18H24N2O4/c1-11(2)19-18(20-12(3)4)23-10-13-8-17(21)24-16-9-14(22-5)6-7-15(13)16/h6-9,11-12H,10H2,1-5H3,(H,19,20). The third kappa shape index (κ3) is 4.75. The number of aliphatic imine (C=N–C) groups is 1. The van der Waals surface area contributed by atoms with Gasteiger partial charge in [-0.25, -0.2) is 9.79 Å². The van der Waals surface area contributed by atoms with Crippen molar-refractivity contribution in [2.75, 3.05) is 7.11 Å². The summed E-state index contributed by atoms with van der Waals surface area (Å²) in [5.74, 6) is 0.632. The van der Waals surface area contributed by atoms with Gasteiger partial charge in [-0.15, -0.1) is 0 Å². The van der Waals surface area contributed by atoms with Gasteiger partial charge in [-0.05, 0) is 39.8 Å². The zero-order valence-corrected chi connectivity index (χ0v) is 14.8. The molecular formula is C18H24N2O4. The molecule has 0 unspecified atom stereocenters. The fourth-order valence-electron chi connectivity index (χ4n) is 2.20. The molecule has 0 aliphatic carbocycles. The van der Waals surface area contributed by atoms with E-state index in [1.54, 1.807) is 13.2 Å². The number of rotatable bonds is 5. The summed E-state index contributed by atoms with van der Waals surface area (Å²) in [5, 5.41) is 3.98. The van der Waals surface area contributed by atoms with Gasteiger partial charge in [-0.1, -0.05) is 0 Å². The summed E-state index contributed by atoms with van der Waals surface area (Å²) < 4.78 is 16.2. The smallest absolute Gasteiger partial charge is 0.336 e. The number of hydrogen-bond acceptors (Lipinski definition) is 5. The SMILES string of the molecule is COc1ccc2c(CO/C(=N\C(C)C)NC(C)C)cc(=O)oc2c1. The first kappa shape index (κ1) is 17.8. The van der Waals surface area contributed by atoms with Gasteiger partial charge in [0.25, 0.3) is 6.02 Å². The second-order valence-electron chi connectivity index (χ2n) is 6.07. The molecule has 1 heterocycles. The van der Waals surface area contributed by atoms with E-state index in [4.69, 9.17) is 13.9 Å². The second-order valence-corrected chi connectivity index (χ2v) is 6.07. The number of methoxy groups -OCH3 is 1. The highest BCUT2D eigenvalue weighted by Crippen LogP contribution is 2.23. The average molecular weight is 332 g/mol. The largest absolute Gasteiger partial charge is 0.497 e. The van der Waals surface area contributed by atoms with E-state index in [2.05, 4.69) is 10.3 Å². The van der Waals surface area contributed by atoms with Gasteiger partial charge >= 0.3 is 5.63 Å². The Labute approximate surface area is 141 Å². The summed E-state index contributed by atoms with van der Waals surface area (Å²) >= 11 is 0. The number of nitrogens with one attached hydrogen (secondary N) is 1. The van der Waals surface area contributed by atoms with Crippen LogP contribution in [0.5, 0.6) is 5.75 Å². The normalized spacial score (nSPS) is 12.0. The van der Waals surface area contributed by atoms with Gasteiger partial charge in [-0.2, -0.15) is 0 Å². The van der Waals surface area contributed by atoms with Crippen LogP contribution in [-0.2, 0) is 11.3 Å². The van der Waals surface area contributed by atoms with E-state index in [9.17, 15) is 4.79 Å². The summed E-state index contributed by atoms with van der Waals surface area (Å²) in [4.78, 5) is 16.2. The molecule has 2 aromatic rings. The summed E-state index contributed by atoms with van der Waals surface area (Å²) in [6.07, 6.45) is 0. The summed E-state index contributed by atoms with van der Waals surface area (Å²) in [6.45, 7) is 8.20. The number of benzene rings is 1. The van der Waals surface area contributed by atoms with Crippen LogP contribution in [0.1, 0.15) is 33.3 Å². The van der Waals surface area contributed by atoms with E-state index in [-0.39, 0.29) is 18.7 Å². The molecule has 0 amide bonds. The first-order chi connectivity index (χ1) is 11.4. The molecule has 0 spiro atoms. The van der Waals surface area contributed by atoms with Crippen LogP contribution in [0.2, 0.25) is 0 Å². The predicted octanol–water partition coefficient (Wildman–Crippen LogP) is 3.08. The quantitative estimate of drug-likeness (QED) is 0.517. The molecular weight excluding hydrogens is 308 g/mol. The number of fused-ring (bicyclic) bond motifs is 1. The molecule has 0 fully saturated rings. The van der Waals surface area contributed by atoms with E-state index < -0.39 is 5.63 Å². The van der Waals surface area contributed by atoms with Crippen LogP contribution in [-0.4, -0.2) is 25.2 Å². The van der Waals surface area contributed by atoms with Gasteiger partial charge in [0, 0.05) is 35.2 Å². The highest BCUT2D eigenvalue weighted by atomic mass is 16.5. The molecule has 24 heavy (non-hydrogen) atoms. The van der Waals surface area contributed by atoms with Crippen molar-refractivity contribution >= 4 is 17.0 Å². The van der Waals surface area contributed by atoms with Crippen molar-refractivity contribution < 1.29 is 13.9 Å². The highest BCUT2D eigenvalue weighted by molar-refractivity contribution is 5.82. The van der Waals surface area contributed by atoms with Crippen molar-refractivity contribution in [2.24, 2.45) is 4.99 Å². The molecule has 130 valence electrons. The van der Waals surface area contributed by atoms with Gasteiger partial charge in [0.05, 0.1) is 7.11 Å². The van der Waals surface area contributed by atoms with Crippen LogP contribution in [0.15, 0.2) is 38.5 Å². The monoisotopic (exact) mass is 332 g/mol. The minimum absolute atomic E-state index is 0.105. The van der Waals surface area contributed by atoms with Crippen molar-refractivity contribution in [3.8, 4) is 5.75 Å². The van der Waals surface area contributed by atoms with E-state index >= 15 is 0 Å². The lowest BCUT2D eigenvalue weighted by molar-refractivity contribution is 0.271. The maximum Gasteiger partial charge on any atom is 0.336 e. The van der Waals surface area contributed by atoms with Gasteiger partial charge in [0.15, 0.2) is 0 Å². The number of amidine groups is 1. The van der Waals surface area contributed by atoms with Gasteiger partial charge in [0.2, 0.25) is 0 Å². The Morgan fingerprint density at radius 2 is 2.00 bits per heavy atom. The van der Waals surface area contributed by atoms with Crippen molar-refractivity contribution in [1.29, 1.82) is 0 Å². The van der Waals surface area contributed by atoms with Crippen LogP contribution in [0.3, 0.4) is 0 Å². The molecule has 0 aliphatic rings. The summed E-state index contributed by atoms with van der Waals surface area (Å²) in [7, 11) is 1.57. The molecule has 2 rings (SSSR count).